The van der Waals surface area contributed by atoms with Crippen LogP contribution in [0, 0.1) is 5.92 Å². The van der Waals surface area contributed by atoms with Crippen LogP contribution in [0.4, 0.5) is 0 Å². The average molecular weight is 317 g/mol. The standard InChI is InChI=1S/C13H17ClN2O3S/c1-7(2)16-10(17)5-3-4-8(13(18)19)11(16)12-15-6-9(14)20-12/h6-8,11H,3-5H2,1-2H3,(H,18,19). The summed E-state index contributed by atoms with van der Waals surface area (Å²) < 4.78 is 0.504. The van der Waals surface area contributed by atoms with Crippen LogP contribution < -0.4 is 0 Å². The Hall–Kier alpha value is -1.14. The number of aliphatic carboxylic acids is 1. The predicted octanol–water partition coefficient (Wildman–Crippen LogP) is 2.96. The number of carbonyl (C=O) groups is 2. The van der Waals surface area contributed by atoms with E-state index < -0.39 is 17.9 Å². The molecule has 0 aliphatic carbocycles. The molecule has 0 saturated carbocycles. The first-order chi connectivity index (χ1) is 9.41. The van der Waals surface area contributed by atoms with Gasteiger partial charge in [0.1, 0.15) is 9.34 Å². The van der Waals surface area contributed by atoms with E-state index in [1.54, 1.807) is 4.90 Å². The number of carbonyl (C=O) groups excluding carboxylic acids is 1. The van der Waals surface area contributed by atoms with Crippen LogP contribution in [0.25, 0.3) is 0 Å². The summed E-state index contributed by atoms with van der Waals surface area (Å²) in [5.74, 6) is -1.53. The van der Waals surface area contributed by atoms with Crippen molar-refractivity contribution in [3.8, 4) is 0 Å². The number of nitrogens with zero attached hydrogens (tertiary/aromatic N) is 2. The predicted molar refractivity (Wildman–Crippen MR) is 76.8 cm³/mol. The molecule has 1 aromatic rings. The molecule has 2 atom stereocenters. The number of rotatable bonds is 3. The molecule has 1 aliphatic rings. The number of hydrogen-bond donors (Lipinski definition) is 1. The van der Waals surface area contributed by atoms with Crippen molar-refractivity contribution < 1.29 is 14.7 Å². The summed E-state index contributed by atoms with van der Waals surface area (Å²) in [5, 5.41) is 10.1. The Balaban J connectivity index is 2.48. The largest absolute Gasteiger partial charge is 0.481 e. The first-order valence-corrected chi connectivity index (χ1v) is 7.76. The Bertz CT molecular complexity index is 517. The second kappa shape index (κ2) is 6.10. The summed E-state index contributed by atoms with van der Waals surface area (Å²) in [6.45, 7) is 3.79. The zero-order valence-corrected chi connectivity index (χ0v) is 12.9. The minimum Gasteiger partial charge on any atom is -0.481 e. The highest BCUT2D eigenvalue weighted by atomic mass is 35.5. The van der Waals surface area contributed by atoms with E-state index in [9.17, 15) is 14.7 Å². The van der Waals surface area contributed by atoms with Crippen molar-refractivity contribution in [2.24, 2.45) is 5.92 Å². The van der Waals surface area contributed by atoms with E-state index in [0.29, 0.717) is 28.6 Å². The lowest BCUT2D eigenvalue weighted by atomic mass is 9.94. The maximum atomic E-state index is 12.3. The van der Waals surface area contributed by atoms with Gasteiger partial charge < -0.3 is 10.0 Å². The monoisotopic (exact) mass is 316 g/mol. The van der Waals surface area contributed by atoms with E-state index in [4.69, 9.17) is 11.6 Å². The molecule has 0 aromatic carbocycles. The maximum Gasteiger partial charge on any atom is 0.309 e. The minimum atomic E-state index is -0.887. The zero-order valence-electron chi connectivity index (χ0n) is 11.4. The number of aromatic nitrogens is 1. The first-order valence-electron chi connectivity index (χ1n) is 6.57. The molecule has 0 radical (unpaired) electrons. The topological polar surface area (TPSA) is 70.5 Å². The molecule has 1 N–H and O–H groups in total. The second-order valence-electron chi connectivity index (χ2n) is 5.18. The summed E-state index contributed by atoms with van der Waals surface area (Å²) in [5.41, 5.74) is 0. The fourth-order valence-corrected chi connectivity index (χ4v) is 3.77. The number of carboxylic acid groups (broad SMARTS) is 1. The molecular weight excluding hydrogens is 300 g/mol. The molecule has 2 heterocycles. The van der Waals surface area contributed by atoms with E-state index in [2.05, 4.69) is 4.98 Å². The Morgan fingerprint density at radius 3 is 2.80 bits per heavy atom. The van der Waals surface area contributed by atoms with E-state index in [1.165, 1.54) is 17.5 Å². The van der Waals surface area contributed by atoms with Crippen LogP contribution in [-0.4, -0.2) is 32.9 Å². The van der Waals surface area contributed by atoms with Gasteiger partial charge in [0.05, 0.1) is 18.2 Å². The molecule has 1 aliphatic heterocycles. The van der Waals surface area contributed by atoms with Gasteiger partial charge in [0.25, 0.3) is 0 Å². The third-order valence-corrected chi connectivity index (χ3v) is 4.68. The molecule has 110 valence electrons. The van der Waals surface area contributed by atoms with Crippen LogP contribution in [0.1, 0.15) is 44.2 Å². The summed E-state index contributed by atoms with van der Waals surface area (Å²) >= 11 is 7.16. The molecule has 2 unspecified atom stereocenters. The number of halogens is 1. The van der Waals surface area contributed by atoms with E-state index in [1.807, 2.05) is 13.8 Å². The lowest BCUT2D eigenvalue weighted by Crippen LogP contribution is -2.43. The van der Waals surface area contributed by atoms with Gasteiger partial charge in [-0.2, -0.15) is 0 Å². The van der Waals surface area contributed by atoms with Crippen LogP contribution in [0.5, 0.6) is 0 Å². The molecule has 5 nitrogen and oxygen atoms in total. The smallest absolute Gasteiger partial charge is 0.309 e. The van der Waals surface area contributed by atoms with Crippen molar-refractivity contribution >= 4 is 34.8 Å². The third kappa shape index (κ3) is 2.96. The second-order valence-corrected chi connectivity index (χ2v) is 6.87. The number of hydrogen-bond acceptors (Lipinski definition) is 4. The van der Waals surface area contributed by atoms with Crippen molar-refractivity contribution in [3.05, 3.63) is 15.5 Å². The molecular formula is C13H17ClN2O3S. The van der Waals surface area contributed by atoms with Crippen LogP contribution in [0.3, 0.4) is 0 Å². The highest BCUT2D eigenvalue weighted by Gasteiger charge is 2.41. The molecule has 2 rings (SSSR count). The van der Waals surface area contributed by atoms with Gasteiger partial charge in [-0.05, 0) is 26.7 Å². The van der Waals surface area contributed by atoms with Gasteiger partial charge in [0, 0.05) is 12.5 Å². The van der Waals surface area contributed by atoms with Crippen LogP contribution in [-0.2, 0) is 9.59 Å². The van der Waals surface area contributed by atoms with Gasteiger partial charge in [-0.25, -0.2) is 4.98 Å². The molecule has 7 heteroatoms. The summed E-state index contributed by atoms with van der Waals surface area (Å²) in [6.07, 6.45) is 2.96. The van der Waals surface area contributed by atoms with E-state index in [-0.39, 0.29) is 11.9 Å². The Morgan fingerprint density at radius 1 is 1.60 bits per heavy atom. The van der Waals surface area contributed by atoms with Crippen molar-refractivity contribution in [1.29, 1.82) is 0 Å². The average Bonchev–Trinajstić information content (AvgIpc) is 2.68. The van der Waals surface area contributed by atoms with Crippen molar-refractivity contribution in [3.63, 3.8) is 0 Å². The Kier molecular flexibility index (Phi) is 4.65. The third-order valence-electron chi connectivity index (χ3n) is 3.50. The fraction of sp³-hybridized carbons (Fsp3) is 0.615. The highest BCUT2D eigenvalue weighted by molar-refractivity contribution is 7.15. The van der Waals surface area contributed by atoms with Gasteiger partial charge in [-0.3, -0.25) is 9.59 Å². The lowest BCUT2D eigenvalue weighted by Gasteiger charge is -2.35. The van der Waals surface area contributed by atoms with E-state index >= 15 is 0 Å². The molecule has 20 heavy (non-hydrogen) atoms. The van der Waals surface area contributed by atoms with Gasteiger partial charge in [-0.1, -0.05) is 11.6 Å². The molecule has 1 fully saturated rings. The van der Waals surface area contributed by atoms with Crippen LogP contribution >= 0.6 is 22.9 Å². The summed E-state index contributed by atoms with van der Waals surface area (Å²) in [4.78, 5) is 29.7. The van der Waals surface area contributed by atoms with E-state index in [0.717, 1.165) is 0 Å². The van der Waals surface area contributed by atoms with Crippen LogP contribution in [0.15, 0.2) is 6.20 Å². The van der Waals surface area contributed by atoms with Crippen molar-refractivity contribution in [2.45, 2.75) is 45.2 Å². The SMILES string of the molecule is CC(C)N1C(=O)CCCC(C(=O)O)C1c1ncc(Cl)s1. The Morgan fingerprint density at radius 2 is 2.30 bits per heavy atom. The molecule has 1 aromatic heterocycles. The molecule has 1 saturated heterocycles. The molecule has 0 bridgehead atoms. The number of carboxylic acids is 1. The van der Waals surface area contributed by atoms with Crippen molar-refractivity contribution in [1.82, 2.24) is 9.88 Å². The number of thiazole rings is 1. The number of likely N-dealkylation sites (tertiary alicyclic amines) is 1. The fourth-order valence-electron chi connectivity index (χ4n) is 2.67. The van der Waals surface area contributed by atoms with Gasteiger partial charge in [-0.15, -0.1) is 11.3 Å². The first kappa shape index (κ1) is 15.3. The van der Waals surface area contributed by atoms with Gasteiger partial charge in [0.2, 0.25) is 5.91 Å². The normalized spacial score (nSPS) is 24.0. The Labute approximate surface area is 126 Å². The highest BCUT2D eigenvalue weighted by Crippen LogP contribution is 2.39. The summed E-state index contributed by atoms with van der Waals surface area (Å²) in [7, 11) is 0. The van der Waals surface area contributed by atoms with Crippen LogP contribution in [0.2, 0.25) is 4.34 Å². The molecule has 1 amide bonds. The van der Waals surface area contributed by atoms with Crippen molar-refractivity contribution in [2.75, 3.05) is 0 Å². The maximum absolute atomic E-state index is 12.3. The molecule has 0 spiro atoms. The lowest BCUT2D eigenvalue weighted by molar-refractivity contribution is -0.147. The van der Waals surface area contributed by atoms with Gasteiger partial charge >= 0.3 is 5.97 Å². The number of amides is 1. The summed E-state index contributed by atoms with van der Waals surface area (Å²) in [6, 6.07) is -0.602. The quantitative estimate of drug-likeness (QED) is 0.930. The zero-order chi connectivity index (χ0) is 14.9. The van der Waals surface area contributed by atoms with Gasteiger partial charge in [0.15, 0.2) is 0 Å². The minimum absolute atomic E-state index is 0.0138.